The molecule has 0 saturated carbocycles. The molecule has 2 aliphatic rings. The molecule has 3 rings (SSSR count). The number of hydrogen-bond acceptors (Lipinski definition) is 5. The molecule has 0 radical (unpaired) electrons. The molecular weight excluding hydrogens is 268 g/mol. The van der Waals surface area contributed by atoms with Crippen LogP contribution >= 0.6 is 0 Å². The second kappa shape index (κ2) is 6.39. The number of carbonyl (C=O) groups is 1. The number of aryl methyl sites for hydroxylation is 1. The minimum Gasteiger partial charge on any atom is -0.368 e. The lowest BCUT2D eigenvalue weighted by atomic mass is 10.2. The quantitative estimate of drug-likeness (QED) is 0.813. The molecule has 2 saturated heterocycles. The second-order valence-electron chi connectivity index (χ2n) is 5.70. The lowest BCUT2D eigenvalue weighted by molar-refractivity contribution is -0.140. The first-order chi connectivity index (χ1) is 10.2. The van der Waals surface area contributed by atoms with E-state index in [4.69, 9.17) is 4.74 Å². The molecule has 1 aromatic rings. The summed E-state index contributed by atoms with van der Waals surface area (Å²) >= 11 is 0. The monoisotopic (exact) mass is 290 g/mol. The molecule has 21 heavy (non-hydrogen) atoms. The van der Waals surface area contributed by atoms with E-state index >= 15 is 0 Å². The summed E-state index contributed by atoms with van der Waals surface area (Å²) in [4.78, 5) is 16.5. The van der Waals surface area contributed by atoms with Crippen molar-refractivity contribution in [2.75, 3.05) is 37.7 Å². The highest BCUT2D eigenvalue weighted by Crippen LogP contribution is 2.17. The number of amides is 1. The molecule has 0 N–H and O–H groups in total. The minimum atomic E-state index is -0.212. The summed E-state index contributed by atoms with van der Waals surface area (Å²) < 4.78 is 5.51. The fourth-order valence-electron chi connectivity index (χ4n) is 2.90. The highest BCUT2D eigenvalue weighted by molar-refractivity contribution is 5.81. The van der Waals surface area contributed by atoms with Gasteiger partial charge in [-0.15, -0.1) is 5.10 Å². The van der Waals surface area contributed by atoms with Gasteiger partial charge in [-0.1, -0.05) is 0 Å². The lowest BCUT2D eigenvalue weighted by Crippen LogP contribution is -2.41. The van der Waals surface area contributed by atoms with E-state index in [0.29, 0.717) is 0 Å². The fraction of sp³-hybridized carbons (Fsp3) is 0.667. The minimum absolute atomic E-state index is 0.157. The molecule has 0 spiro atoms. The number of rotatable bonds is 2. The van der Waals surface area contributed by atoms with Crippen molar-refractivity contribution in [3.63, 3.8) is 0 Å². The molecule has 0 unspecified atom stereocenters. The maximum absolute atomic E-state index is 12.4. The van der Waals surface area contributed by atoms with E-state index in [1.807, 2.05) is 24.0 Å². The van der Waals surface area contributed by atoms with Crippen LogP contribution in [0.4, 0.5) is 5.82 Å². The maximum atomic E-state index is 12.4. The molecule has 114 valence electrons. The fourth-order valence-corrected chi connectivity index (χ4v) is 2.90. The molecule has 1 amide bonds. The van der Waals surface area contributed by atoms with Crippen molar-refractivity contribution in [1.29, 1.82) is 0 Å². The van der Waals surface area contributed by atoms with E-state index in [1.54, 1.807) is 0 Å². The van der Waals surface area contributed by atoms with Crippen LogP contribution in [0.15, 0.2) is 12.1 Å². The van der Waals surface area contributed by atoms with Crippen molar-refractivity contribution >= 4 is 11.7 Å². The maximum Gasteiger partial charge on any atom is 0.251 e. The summed E-state index contributed by atoms with van der Waals surface area (Å²) in [5, 5.41) is 8.35. The Labute approximate surface area is 125 Å². The van der Waals surface area contributed by atoms with Crippen LogP contribution in [-0.4, -0.2) is 59.9 Å². The third-order valence-corrected chi connectivity index (χ3v) is 4.12. The standard InChI is InChI=1S/C15H22N4O2/c1-12-5-6-14(17-16-12)18-7-3-8-19(10-9-18)15(20)13-4-2-11-21-13/h5-6,13H,2-4,7-11H2,1H3/t13-/m1/s1. The first-order valence-electron chi connectivity index (χ1n) is 7.70. The van der Waals surface area contributed by atoms with Gasteiger partial charge in [0.15, 0.2) is 5.82 Å². The molecule has 6 heteroatoms. The van der Waals surface area contributed by atoms with Gasteiger partial charge in [0, 0.05) is 32.8 Å². The zero-order valence-electron chi connectivity index (χ0n) is 12.5. The van der Waals surface area contributed by atoms with Gasteiger partial charge in [-0.25, -0.2) is 0 Å². The van der Waals surface area contributed by atoms with Crippen LogP contribution in [0.1, 0.15) is 25.0 Å². The number of ether oxygens (including phenoxy) is 1. The number of hydrogen-bond donors (Lipinski definition) is 0. The van der Waals surface area contributed by atoms with Crippen LogP contribution in [0, 0.1) is 6.92 Å². The Hall–Kier alpha value is -1.69. The van der Waals surface area contributed by atoms with Crippen LogP contribution in [0.2, 0.25) is 0 Å². The molecule has 0 aliphatic carbocycles. The largest absolute Gasteiger partial charge is 0.368 e. The molecule has 3 heterocycles. The van der Waals surface area contributed by atoms with Crippen molar-refractivity contribution in [3.8, 4) is 0 Å². The van der Waals surface area contributed by atoms with Gasteiger partial charge in [0.1, 0.15) is 6.10 Å². The van der Waals surface area contributed by atoms with Crippen LogP contribution < -0.4 is 4.90 Å². The van der Waals surface area contributed by atoms with Gasteiger partial charge in [0.2, 0.25) is 0 Å². The number of nitrogens with zero attached hydrogens (tertiary/aromatic N) is 4. The van der Waals surface area contributed by atoms with Gasteiger partial charge >= 0.3 is 0 Å². The van der Waals surface area contributed by atoms with Gasteiger partial charge < -0.3 is 14.5 Å². The van der Waals surface area contributed by atoms with Gasteiger partial charge in [-0.05, 0) is 38.3 Å². The highest BCUT2D eigenvalue weighted by atomic mass is 16.5. The average Bonchev–Trinajstić information content (AvgIpc) is 2.92. The van der Waals surface area contributed by atoms with E-state index < -0.39 is 0 Å². The smallest absolute Gasteiger partial charge is 0.251 e. The predicted octanol–water partition coefficient (Wildman–Crippen LogP) is 1.00. The summed E-state index contributed by atoms with van der Waals surface area (Å²) in [6.07, 6.45) is 2.60. The van der Waals surface area contributed by atoms with Crippen molar-refractivity contribution in [2.24, 2.45) is 0 Å². The number of aromatic nitrogens is 2. The van der Waals surface area contributed by atoms with Crippen LogP contribution in [0.25, 0.3) is 0 Å². The third-order valence-electron chi connectivity index (χ3n) is 4.12. The predicted molar refractivity (Wildman–Crippen MR) is 79.2 cm³/mol. The van der Waals surface area contributed by atoms with Gasteiger partial charge in [0.25, 0.3) is 5.91 Å². The van der Waals surface area contributed by atoms with Gasteiger partial charge in [-0.3, -0.25) is 4.79 Å². The van der Waals surface area contributed by atoms with E-state index in [2.05, 4.69) is 15.1 Å². The van der Waals surface area contributed by atoms with E-state index in [9.17, 15) is 4.79 Å². The summed E-state index contributed by atoms with van der Waals surface area (Å²) in [5.74, 6) is 1.05. The van der Waals surface area contributed by atoms with E-state index in [1.165, 1.54) is 0 Å². The molecule has 0 aromatic carbocycles. The van der Waals surface area contributed by atoms with Gasteiger partial charge in [0.05, 0.1) is 5.69 Å². The Balaban J connectivity index is 1.61. The highest BCUT2D eigenvalue weighted by Gasteiger charge is 2.29. The Bertz CT molecular complexity index is 485. The molecule has 1 atom stereocenters. The van der Waals surface area contributed by atoms with Crippen molar-refractivity contribution in [3.05, 3.63) is 17.8 Å². The van der Waals surface area contributed by atoms with E-state index in [0.717, 1.165) is 63.6 Å². The molecule has 6 nitrogen and oxygen atoms in total. The zero-order valence-corrected chi connectivity index (χ0v) is 12.5. The third kappa shape index (κ3) is 3.32. The van der Waals surface area contributed by atoms with Crippen LogP contribution in [-0.2, 0) is 9.53 Å². The van der Waals surface area contributed by atoms with Crippen molar-refractivity contribution in [2.45, 2.75) is 32.3 Å². The summed E-state index contributed by atoms with van der Waals surface area (Å²) in [6.45, 7) is 5.89. The molecule has 0 bridgehead atoms. The molecule has 1 aromatic heterocycles. The molecule has 2 fully saturated rings. The topological polar surface area (TPSA) is 58.6 Å². The second-order valence-corrected chi connectivity index (χ2v) is 5.70. The Morgan fingerprint density at radius 3 is 2.81 bits per heavy atom. The van der Waals surface area contributed by atoms with Crippen molar-refractivity contribution in [1.82, 2.24) is 15.1 Å². The number of anilines is 1. The molecular formula is C15H22N4O2. The van der Waals surface area contributed by atoms with E-state index in [-0.39, 0.29) is 12.0 Å². The Morgan fingerprint density at radius 1 is 1.19 bits per heavy atom. The Morgan fingerprint density at radius 2 is 2.10 bits per heavy atom. The Kier molecular flexibility index (Phi) is 4.34. The SMILES string of the molecule is Cc1ccc(N2CCCN(C(=O)[C@H]3CCCO3)CC2)nn1. The zero-order chi connectivity index (χ0) is 14.7. The summed E-state index contributed by atoms with van der Waals surface area (Å²) in [6, 6.07) is 3.97. The lowest BCUT2D eigenvalue weighted by Gasteiger charge is -2.24. The van der Waals surface area contributed by atoms with Gasteiger partial charge in [-0.2, -0.15) is 5.10 Å². The average molecular weight is 290 g/mol. The first kappa shape index (κ1) is 14.3. The normalized spacial score (nSPS) is 23.2. The van der Waals surface area contributed by atoms with Crippen molar-refractivity contribution < 1.29 is 9.53 Å². The summed E-state index contributed by atoms with van der Waals surface area (Å²) in [7, 11) is 0. The summed E-state index contributed by atoms with van der Waals surface area (Å²) in [5.41, 5.74) is 0.920. The molecule has 2 aliphatic heterocycles. The van der Waals surface area contributed by atoms with Crippen LogP contribution in [0.5, 0.6) is 0 Å². The number of carbonyl (C=O) groups excluding carboxylic acids is 1. The van der Waals surface area contributed by atoms with Crippen LogP contribution in [0.3, 0.4) is 0 Å². The first-order valence-corrected chi connectivity index (χ1v) is 7.70.